The van der Waals surface area contributed by atoms with Crippen LogP contribution >= 0.6 is 0 Å². The van der Waals surface area contributed by atoms with Gasteiger partial charge in [-0.2, -0.15) is 0 Å². The summed E-state index contributed by atoms with van der Waals surface area (Å²) in [6.45, 7) is 0.631. The number of nitrogens with one attached hydrogen (secondary N) is 1. The van der Waals surface area contributed by atoms with Crippen molar-refractivity contribution in [3.63, 3.8) is 0 Å². The number of anilines is 1. The van der Waals surface area contributed by atoms with Gasteiger partial charge in [0.25, 0.3) is 0 Å². The molecule has 18 heavy (non-hydrogen) atoms. The number of carbonyl (C=O) groups is 2. The first kappa shape index (κ1) is 11.3. The Labute approximate surface area is 106 Å². The predicted molar refractivity (Wildman–Crippen MR) is 68.1 cm³/mol. The highest BCUT2D eigenvalue weighted by atomic mass is 16.2. The van der Waals surface area contributed by atoms with Crippen molar-refractivity contribution in [1.82, 2.24) is 5.32 Å². The van der Waals surface area contributed by atoms with E-state index in [9.17, 15) is 9.59 Å². The number of hydrogen-bond acceptors (Lipinski definition) is 2. The van der Waals surface area contributed by atoms with Crippen LogP contribution in [0, 0.1) is 5.92 Å². The summed E-state index contributed by atoms with van der Waals surface area (Å²) in [6, 6.07) is 9.84. The van der Waals surface area contributed by atoms with E-state index in [0.29, 0.717) is 19.0 Å². The van der Waals surface area contributed by atoms with Crippen LogP contribution in [0.4, 0.5) is 5.69 Å². The van der Waals surface area contributed by atoms with E-state index in [4.69, 9.17) is 0 Å². The molecule has 0 aromatic heterocycles. The van der Waals surface area contributed by atoms with Crippen molar-refractivity contribution in [2.45, 2.75) is 25.3 Å². The first-order valence-electron chi connectivity index (χ1n) is 6.42. The van der Waals surface area contributed by atoms with E-state index in [-0.39, 0.29) is 11.8 Å². The summed E-state index contributed by atoms with van der Waals surface area (Å²) in [5.74, 6) is -0.661. The molecule has 1 saturated heterocycles. The first-order valence-corrected chi connectivity index (χ1v) is 6.42. The highest BCUT2D eigenvalue weighted by molar-refractivity contribution is 6.09. The van der Waals surface area contributed by atoms with Crippen molar-refractivity contribution in [3.8, 4) is 0 Å². The van der Waals surface area contributed by atoms with Gasteiger partial charge in [-0.15, -0.1) is 0 Å². The Hall–Kier alpha value is -1.84. The number of rotatable bonds is 3. The van der Waals surface area contributed by atoms with E-state index in [2.05, 4.69) is 5.32 Å². The second kappa shape index (κ2) is 4.44. The fourth-order valence-electron chi connectivity index (χ4n) is 2.32. The Morgan fingerprint density at radius 1 is 1.17 bits per heavy atom. The van der Waals surface area contributed by atoms with E-state index in [1.54, 1.807) is 4.90 Å². The highest BCUT2D eigenvalue weighted by Crippen LogP contribution is 2.26. The zero-order chi connectivity index (χ0) is 12.5. The molecule has 0 bridgehead atoms. The lowest BCUT2D eigenvalue weighted by Gasteiger charge is -2.16. The molecule has 2 fully saturated rings. The first-order chi connectivity index (χ1) is 8.75. The number of amides is 2. The van der Waals surface area contributed by atoms with E-state index in [1.807, 2.05) is 30.3 Å². The van der Waals surface area contributed by atoms with Crippen molar-refractivity contribution in [3.05, 3.63) is 30.3 Å². The predicted octanol–water partition coefficient (Wildman–Crippen LogP) is 1.32. The summed E-state index contributed by atoms with van der Waals surface area (Å²) in [6.07, 6.45) is 2.72. The van der Waals surface area contributed by atoms with Gasteiger partial charge in [0.1, 0.15) is 5.92 Å². The Kier molecular flexibility index (Phi) is 2.78. The Balaban J connectivity index is 1.70. The molecule has 1 heterocycles. The van der Waals surface area contributed by atoms with Gasteiger partial charge in [-0.1, -0.05) is 18.2 Å². The zero-order valence-corrected chi connectivity index (χ0v) is 10.1. The minimum atomic E-state index is -0.495. The Morgan fingerprint density at radius 2 is 1.89 bits per heavy atom. The van der Waals surface area contributed by atoms with E-state index < -0.39 is 5.92 Å². The molecule has 2 aliphatic rings. The van der Waals surface area contributed by atoms with Crippen LogP contribution in [0.15, 0.2) is 30.3 Å². The van der Waals surface area contributed by atoms with Crippen molar-refractivity contribution < 1.29 is 9.59 Å². The number of hydrogen-bond donors (Lipinski definition) is 1. The largest absolute Gasteiger partial charge is 0.353 e. The third-order valence-corrected chi connectivity index (χ3v) is 3.51. The van der Waals surface area contributed by atoms with Crippen LogP contribution in [0.2, 0.25) is 0 Å². The molecule has 1 N–H and O–H groups in total. The summed E-state index contributed by atoms with van der Waals surface area (Å²) < 4.78 is 0. The monoisotopic (exact) mass is 244 g/mol. The molecule has 4 heteroatoms. The summed E-state index contributed by atoms with van der Waals surface area (Å²) in [5, 5.41) is 2.91. The maximum absolute atomic E-state index is 12.2. The number of carbonyl (C=O) groups excluding carboxylic acids is 2. The van der Waals surface area contributed by atoms with Crippen LogP contribution in [0.5, 0.6) is 0 Å². The maximum Gasteiger partial charge on any atom is 0.239 e. The molecule has 94 valence electrons. The Morgan fingerprint density at radius 3 is 2.56 bits per heavy atom. The van der Waals surface area contributed by atoms with Crippen molar-refractivity contribution in [2.24, 2.45) is 5.92 Å². The van der Waals surface area contributed by atoms with E-state index >= 15 is 0 Å². The topological polar surface area (TPSA) is 49.4 Å². The van der Waals surface area contributed by atoms with Crippen LogP contribution in [-0.4, -0.2) is 24.4 Å². The van der Waals surface area contributed by atoms with Crippen LogP contribution in [0.3, 0.4) is 0 Å². The quantitative estimate of drug-likeness (QED) is 0.815. The number of para-hydroxylation sites is 1. The number of nitrogens with zero attached hydrogens (tertiary/aromatic N) is 1. The standard InChI is InChI=1S/C14H16N2O2/c17-13(15-10-6-7-10)12-8-9-16(14(12)18)11-4-2-1-3-5-11/h1-5,10,12H,6-9H2,(H,15,17). The fourth-order valence-corrected chi connectivity index (χ4v) is 2.32. The van der Waals surface area contributed by atoms with Gasteiger partial charge in [0.2, 0.25) is 11.8 Å². The van der Waals surface area contributed by atoms with Gasteiger partial charge in [0, 0.05) is 18.3 Å². The van der Waals surface area contributed by atoms with Crippen molar-refractivity contribution in [2.75, 3.05) is 11.4 Å². The van der Waals surface area contributed by atoms with Gasteiger partial charge >= 0.3 is 0 Å². The van der Waals surface area contributed by atoms with E-state index in [0.717, 1.165) is 18.5 Å². The zero-order valence-electron chi connectivity index (χ0n) is 10.1. The van der Waals surface area contributed by atoms with E-state index in [1.165, 1.54) is 0 Å². The van der Waals surface area contributed by atoms with Gasteiger partial charge in [-0.25, -0.2) is 0 Å². The van der Waals surface area contributed by atoms with Crippen molar-refractivity contribution >= 4 is 17.5 Å². The molecule has 1 aliphatic heterocycles. The molecule has 2 amide bonds. The van der Waals surface area contributed by atoms with Crippen LogP contribution in [0.25, 0.3) is 0 Å². The van der Waals surface area contributed by atoms with Crippen LogP contribution in [-0.2, 0) is 9.59 Å². The molecule has 1 aliphatic carbocycles. The number of benzene rings is 1. The lowest BCUT2D eigenvalue weighted by atomic mass is 10.1. The normalized spacial score (nSPS) is 23.2. The fraction of sp³-hybridized carbons (Fsp3) is 0.429. The van der Waals surface area contributed by atoms with Crippen molar-refractivity contribution in [1.29, 1.82) is 0 Å². The van der Waals surface area contributed by atoms with Crippen LogP contribution < -0.4 is 10.2 Å². The minimum absolute atomic E-state index is 0.0700. The molecule has 1 saturated carbocycles. The lowest BCUT2D eigenvalue weighted by Crippen LogP contribution is -2.37. The molecule has 0 radical (unpaired) electrons. The second-order valence-electron chi connectivity index (χ2n) is 4.95. The molecule has 1 aromatic rings. The molecular weight excluding hydrogens is 228 g/mol. The Bertz CT molecular complexity index is 468. The lowest BCUT2D eigenvalue weighted by molar-refractivity contribution is -0.132. The highest BCUT2D eigenvalue weighted by Gasteiger charge is 2.39. The SMILES string of the molecule is O=C(NC1CC1)C1CCN(c2ccccc2)C1=O. The molecule has 1 unspecified atom stereocenters. The van der Waals surface area contributed by atoms with Gasteiger partial charge in [0.05, 0.1) is 0 Å². The average Bonchev–Trinajstić information content (AvgIpc) is 3.11. The second-order valence-corrected chi connectivity index (χ2v) is 4.95. The minimum Gasteiger partial charge on any atom is -0.353 e. The molecular formula is C14H16N2O2. The molecule has 3 rings (SSSR count). The summed E-state index contributed by atoms with van der Waals surface area (Å²) in [4.78, 5) is 25.8. The third kappa shape index (κ3) is 2.10. The molecule has 1 atom stereocenters. The van der Waals surface area contributed by atoms with Gasteiger partial charge < -0.3 is 10.2 Å². The van der Waals surface area contributed by atoms with Crippen LogP contribution in [0.1, 0.15) is 19.3 Å². The summed E-state index contributed by atoms with van der Waals surface area (Å²) >= 11 is 0. The molecule has 4 nitrogen and oxygen atoms in total. The summed E-state index contributed by atoms with van der Waals surface area (Å²) in [5.41, 5.74) is 0.879. The summed E-state index contributed by atoms with van der Waals surface area (Å²) in [7, 11) is 0. The maximum atomic E-state index is 12.2. The smallest absolute Gasteiger partial charge is 0.239 e. The van der Waals surface area contributed by atoms with Gasteiger partial charge in [-0.05, 0) is 31.4 Å². The molecule has 0 spiro atoms. The third-order valence-electron chi connectivity index (χ3n) is 3.51. The van der Waals surface area contributed by atoms with Gasteiger partial charge in [0.15, 0.2) is 0 Å². The molecule has 1 aromatic carbocycles. The van der Waals surface area contributed by atoms with Gasteiger partial charge in [-0.3, -0.25) is 9.59 Å². The average molecular weight is 244 g/mol.